The second-order valence-corrected chi connectivity index (χ2v) is 5.87. The molecule has 0 fully saturated rings. The van der Waals surface area contributed by atoms with Crippen molar-refractivity contribution in [2.45, 2.75) is 13.0 Å². The number of carbonyl (C=O) groups is 1. The largest absolute Gasteiger partial charge is 0.490 e. The minimum Gasteiger partial charge on any atom is -0.490 e. The number of nitriles is 1. The van der Waals surface area contributed by atoms with E-state index in [1.165, 1.54) is 0 Å². The molecule has 0 aliphatic carbocycles. The summed E-state index contributed by atoms with van der Waals surface area (Å²) in [4.78, 5) is 11.3. The zero-order chi connectivity index (χ0) is 18.1. The van der Waals surface area contributed by atoms with Gasteiger partial charge in [0.05, 0.1) is 11.1 Å². The van der Waals surface area contributed by atoms with E-state index in [0.717, 1.165) is 5.56 Å². The zero-order valence-corrected chi connectivity index (χ0v) is 14.8. The topological polar surface area (TPSA) is 71.4 Å². The molecular weight excluding hydrogens is 363 g/mol. The highest BCUT2D eigenvalue weighted by molar-refractivity contribution is 6.35. The van der Waals surface area contributed by atoms with Crippen LogP contribution in [0.1, 0.15) is 12.0 Å². The van der Waals surface area contributed by atoms with Gasteiger partial charge in [0.15, 0.2) is 0 Å². The van der Waals surface area contributed by atoms with Gasteiger partial charge in [0.2, 0.25) is 5.91 Å². The zero-order valence-electron chi connectivity index (χ0n) is 13.3. The standard InChI is InChI=1S/C18H16Cl2N2O3/c19-14-4-5-17(16(20)11-14)25-9-8-24-15-3-1-2-13(10-15)12-22-18(23)6-7-21/h1-5,10-11H,6,8-9,12H2,(H,22,23). The Bertz CT molecular complexity index is 775. The number of carbonyl (C=O) groups excluding carboxylic acids is 1. The van der Waals surface area contributed by atoms with Gasteiger partial charge >= 0.3 is 0 Å². The summed E-state index contributed by atoms with van der Waals surface area (Å²) in [6.45, 7) is 1.00. The molecule has 2 rings (SSSR count). The molecular formula is C18H16Cl2N2O3. The molecule has 2 aromatic carbocycles. The van der Waals surface area contributed by atoms with Gasteiger partial charge in [0, 0.05) is 11.6 Å². The molecule has 1 N–H and O–H groups in total. The molecule has 0 saturated heterocycles. The first-order valence-electron chi connectivity index (χ1n) is 7.51. The number of benzene rings is 2. The Balaban J connectivity index is 1.78. The Morgan fingerprint density at radius 1 is 1.12 bits per heavy atom. The fourth-order valence-corrected chi connectivity index (χ4v) is 2.45. The molecule has 0 spiro atoms. The predicted octanol–water partition coefficient (Wildman–Crippen LogP) is 3.98. The van der Waals surface area contributed by atoms with Crippen LogP contribution >= 0.6 is 23.2 Å². The van der Waals surface area contributed by atoms with Crippen LogP contribution in [-0.2, 0) is 11.3 Å². The summed E-state index contributed by atoms with van der Waals surface area (Å²) in [6.07, 6.45) is -0.152. The molecule has 7 heteroatoms. The van der Waals surface area contributed by atoms with E-state index in [1.807, 2.05) is 24.3 Å². The summed E-state index contributed by atoms with van der Waals surface area (Å²) >= 11 is 11.9. The van der Waals surface area contributed by atoms with Crippen LogP contribution in [0.3, 0.4) is 0 Å². The summed E-state index contributed by atoms with van der Waals surface area (Å²) in [7, 11) is 0. The lowest BCUT2D eigenvalue weighted by Crippen LogP contribution is -2.21. The van der Waals surface area contributed by atoms with Crippen LogP contribution in [0, 0.1) is 11.3 Å². The molecule has 1 amide bonds. The van der Waals surface area contributed by atoms with Gasteiger partial charge in [-0.1, -0.05) is 35.3 Å². The van der Waals surface area contributed by atoms with Crippen molar-refractivity contribution in [1.29, 1.82) is 5.26 Å². The Kier molecular flexibility index (Phi) is 7.39. The molecule has 0 atom stereocenters. The van der Waals surface area contributed by atoms with Crippen LogP contribution in [0.4, 0.5) is 0 Å². The Hall–Kier alpha value is -2.42. The average Bonchev–Trinajstić information content (AvgIpc) is 2.59. The van der Waals surface area contributed by atoms with Crippen molar-refractivity contribution in [2.24, 2.45) is 0 Å². The maximum Gasteiger partial charge on any atom is 0.234 e. The van der Waals surface area contributed by atoms with E-state index in [0.29, 0.717) is 41.3 Å². The van der Waals surface area contributed by atoms with Crippen LogP contribution in [0.25, 0.3) is 0 Å². The average molecular weight is 379 g/mol. The van der Waals surface area contributed by atoms with Gasteiger partial charge in [-0.25, -0.2) is 0 Å². The minimum atomic E-state index is -0.304. The Morgan fingerprint density at radius 3 is 2.68 bits per heavy atom. The molecule has 25 heavy (non-hydrogen) atoms. The second kappa shape index (κ2) is 9.77. The van der Waals surface area contributed by atoms with E-state index >= 15 is 0 Å². The quantitative estimate of drug-likeness (QED) is 0.705. The first kappa shape index (κ1) is 18.9. The third-order valence-electron chi connectivity index (χ3n) is 3.13. The first-order chi connectivity index (χ1) is 12.1. The van der Waals surface area contributed by atoms with Gasteiger partial charge in [-0.3, -0.25) is 4.79 Å². The van der Waals surface area contributed by atoms with Gasteiger partial charge in [0.1, 0.15) is 31.1 Å². The van der Waals surface area contributed by atoms with Crippen molar-refractivity contribution in [2.75, 3.05) is 13.2 Å². The van der Waals surface area contributed by atoms with E-state index in [-0.39, 0.29) is 12.3 Å². The van der Waals surface area contributed by atoms with Crippen molar-refractivity contribution in [3.8, 4) is 17.6 Å². The first-order valence-corrected chi connectivity index (χ1v) is 8.27. The minimum absolute atomic E-state index is 0.152. The highest BCUT2D eigenvalue weighted by Gasteiger charge is 2.04. The molecule has 5 nitrogen and oxygen atoms in total. The number of amides is 1. The molecule has 0 radical (unpaired) electrons. The van der Waals surface area contributed by atoms with Crippen molar-refractivity contribution in [1.82, 2.24) is 5.32 Å². The summed E-state index contributed by atoms with van der Waals surface area (Å²) in [5.74, 6) is 0.906. The van der Waals surface area contributed by atoms with E-state index in [1.54, 1.807) is 24.3 Å². The third kappa shape index (κ3) is 6.54. The number of nitrogens with zero attached hydrogens (tertiary/aromatic N) is 1. The van der Waals surface area contributed by atoms with Crippen molar-refractivity contribution in [3.05, 3.63) is 58.1 Å². The number of halogens is 2. The molecule has 0 bridgehead atoms. The maximum atomic E-state index is 11.3. The fraction of sp³-hybridized carbons (Fsp3) is 0.222. The monoisotopic (exact) mass is 378 g/mol. The predicted molar refractivity (Wildman–Crippen MR) is 96.0 cm³/mol. The van der Waals surface area contributed by atoms with Crippen LogP contribution in [-0.4, -0.2) is 19.1 Å². The normalized spacial score (nSPS) is 9.96. The molecule has 0 saturated carbocycles. The number of hydrogen-bond donors (Lipinski definition) is 1. The lowest BCUT2D eigenvalue weighted by molar-refractivity contribution is -0.120. The summed E-state index contributed by atoms with van der Waals surface area (Å²) in [6, 6.07) is 14.2. The summed E-state index contributed by atoms with van der Waals surface area (Å²) in [5, 5.41) is 12.1. The summed E-state index contributed by atoms with van der Waals surface area (Å²) in [5.41, 5.74) is 0.880. The smallest absolute Gasteiger partial charge is 0.234 e. The maximum absolute atomic E-state index is 11.3. The van der Waals surface area contributed by atoms with E-state index < -0.39 is 0 Å². The van der Waals surface area contributed by atoms with Gasteiger partial charge in [-0.15, -0.1) is 0 Å². The Labute approximate surface area is 156 Å². The van der Waals surface area contributed by atoms with Gasteiger partial charge in [-0.05, 0) is 35.9 Å². The highest BCUT2D eigenvalue weighted by Crippen LogP contribution is 2.27. The second-order valence-electron chi connectivity index (χ2n) is 5.03. The molecule has 130 valence electrons. The summed E-state index contributed by atoms with van der Waals surface area (Å²) < 4.78 is 11.2. The van der Waals surface area contributed by atoms with Crippen molar-refractivity contribution in [3.63, 3.8) is 0 Å². The third-order valence-corrected chi connectivity index (χ3v) is 3.66. The molecule has 0 unspecified atom stereocenters. The van der Waals surface area contributed by atoms with Gasteiger partial charge < -0.3 is 14.8 Å². The van der Waals surface area contributed by atoms with E-state index in [9.17, 15) is 4.79 Å². The van der Waals surface area contributed by atoms with Crippen LogP contribution in [0.15, 0.2) is 42.5 Å². The lowest BCUT2D eigenvalue weighted by atomic mass is 10.2. The van der Waals surface area contributed by atoms with Crippen LogP contribution in [0.5, 0.6) is 11.5 Å². The lowest BCUT2D eigenvalue weighted by Gasteiger charge is -2.11. The molecule has 0 aliphatic heterocycles. The SMILES string of the molecule is N#CCC(=O)NCc1cccc(OCCOc2ccc(Cl)cc2Cl)c1. The molecule has 0 aliphatic rings. The number of ether oxygens (including phenoxy) is 2. The number of hydrogen-bond acceptors (Lipinski definition) is 4. The molecule has 0 aromatic heterocycles. The van der Waals surface area contributed by atoms with Crippen LogP contribution in [0.2, 0.25) is 10.0 Å². The number of rotatable bonds is 8. The van der Waals surface area contributed by atoms with Gasteiger partial charge in [0.25, 0.3) is 0 Å². The molecule has 2 aromatic rings. The number of nitrogens with one attached hydrogen (secondary N) is 1. The highest BCUT2D eigenvalue weighted by atomic mass is 35.5. The van der Waals surface area contributed by atoms with Crippen LogP contribution < -0.4 is 14.8 Å². The van der Waals surface area contributed by atoms with Crippen molar-refractivity contribution < 1.29 is 14.3 Å². The van der Waals surface area contributed by atoms with E-state index in [4.69, 9.17) is 37.9 Å². The fourth-order valence-electron chi connectivity index (χ4n) is 1.98. The van der Waals surface area contributed by atoms with Crippen molar-refractivity contribution >= 4 is 29.1 Å². The van der Waals surface area contributed by atoms with Gasteiger partial charge in [-0.2, -0.15) is 5.26 Å². The van der Waals surface area contributed by atoms with E-state index in [2.05, 4.69) is 5.32 Å². The molecule has 0 heterocycles. The Morgan fingerprint density at radius 2 is 1.92 bits per heavy atom.